The summed E-state index contributed by atoms with van der Waals surface area (Å²) in [5.74, 6) is -0.788. The molecule has 0 aromatic carbocycles. The van der Waals surface area contributed by atoms with Crippen LogP contribution in [-0.4, -0.2) is 38.9 Å². The number of aliphatic hydroxyl groups is 2. The van der Waals surface area contributed by atoms with Crippen LogP contribution in [0.3, 0.4) is 0 Å². The van der Waals surface area contributed by atoms with Crippen LogP contribution in [-0.2, 0) is 10.8 Å². The minimum Gasteiger partial charge on any atom is -0.396 e. The van der Waals surface area contributed by atoms with Gasteiger partial charge in [-0.15, -0.1) is 0 Å². The minimum absolute atomic E-state index is 0.634. The van der Waals surface area contributed by atoms with Gasteiger partial charge in [-0.25, -0.2) is 0 Å². The van der Waals surface area contributed by atoms with Gasteiger partial charge in [0.15, 0.2) is 0 Å². The number of aliphatic hydroxyl groups excluding tert-OH is 2. The molecule has 0 bridgehead atoms. The van der Waals surface area contributed by atoms with Crippen LogP contribution in [0.2, 0.25) is 0 Å². The molecule has 80 valence electrons. The molecule has 0 aromatic heterocycles. The highest BCUT2D eigenvalue weighted by Gasteiger charge is 2.41. The Labute approximate surface area is 76.0 Å². The third-order valence-corrected chi connectivity index (χ3v) is 2.98. The van der Waals surface area contributed by atoms with E-state index in [9.17, 15) is 17.4 Å². The van der Waals surface area contributed by atoms with Crippen LogP contribution in [0.15, 0.2) is 0 Å². The van der Waals surface area contributed by atoms with Gasteiger partial charge in [0.05, 0.1) is 13.2 Å². The van der Waals surface area contributed by atoms with Gasteiger partial charge in [0.1, 0.15) is 10.8 Å². The van der Waals surface area contributed by atoms with Crippen molar-refractivity contribution >= 4 is 10.8 Å². The van der Waals surface area contributed by atoms with E-state index in [4.69, 9.17) is 10.2 Å². The average molecular weight is 220 g/mol. The molecule has 0 fully saturated rings. The Kier molecular flexibility index (Phi) is 4.34. The number of hydrogen-bond donors (Lipinski definition) is 2. The highest BCUT2D eigenvalue weighted by atomic mass is 32.2. The molecule has 2 N–H and O–H groups in total. The largest absolute Gasteiger partial charge is 0.471 e. The second kappa shape index (κ2) is 4.39. The van der Waals surface area contributed by atoms with Gasteiger partial charge in [0.2, 0.25) is 0 Å². The molecule has 0 aliphatic carbocycles. The molecule has 0 spiro atoms. The van der Waals surface area contributed by atoms with Crippen molar-refractivity contribution in [2.24, 2.45) is 5.41 Å². The standard InChI is InChI=1S/C6H11F3O3S/c1-5(2-10,3-11)4-13(12)6(7,8)9/h10-11H,2-4H2,1H3. The first-order chi connectivity index (χ1) is 5.75. The fourth-order valence-electron chi connectivity index (χ4n) is 0.540. The van der Waals surface area contributed by atoms with E-state index in [-0.39, 0.29) is 0 Å². The topological polar surface area (TPSA) is 57.5 Å². The highest BCUT2D eigenvalue weighted by molar-refractivity contribution is 7.85. The van der Waals surface area contributed by atoms with Gasteiger partial charge in [0, 0.05) is 11.2 Å². The number of hydrogen-bond acceptors (Lipinski definition) is 3. The van der Waals surface area contributed by atoms with Crippen LogP contribution in [0.25, 0.3) is 0 Å². The summed E-state index contributed by atoms with van der Waals surface area (Å²) in [5.41, 5.74) is -6.13. The Morgan fingerprint density at radius 3 is 1.85 bits per heavy atom. The molecule has 0 amide bonds. The van der Waals surface area contributed by atoms with E-state index >= 15 is 0 Å². The average Bonchev–Trinajstić information content (AvgIpc) is 2.02. The summed E-state index contributed by atoms with van der Waals surface area (Å²) in [7, 11) is -3.03. The zero-order chi connectivity index (χ0) is 10.7. The molecule has 0 heterocycles. The number of alkyl halides is 3. The summed E-state index contributed by atoms with van der Waals surface area (Å²) in [6, 6.07) is 0. The van der Waals surface area contributed by atoms with E-state index < -0.39 is 40.7 Å². The summed E-state index contributed by atoms with van der Waals surface area (Å²) >= 11 is 0. The van der Waals surface area contributed by atoms with Crippen LogP contribution >= 0.6 is 0 Å². The third kappa shape index (κ3) is 4.06. The Morgan fingerprint density at radius 1 is 1.23 bits per heavy atom. The Bertz CT molecular complexity index is 188. The first kappa shape index (κ1) is 12.9. The second-order valence-electron chi connectivity index (χ2n) is 3.06. The van der Waals surface area contributed by atoms with Crippen molar-refractivity contribution in [3.05, 3.63) is 0 Å². The van der Waals surface area contributed by atoms with Gasteiger partial charge in [-0.1, -0.05) is 6.92 Å². The van der Waals surface area contributed by atoms with Crippen LogP contribution in [0.1, 0.15) is 6.92 Å². The molecule has 3 nitrogen and oxygen atoms in total. The van der Waals surface area contributed by atoms with Gasteiger partial charge >= 0.3 is 5.51 Å². The van der Waals surface area contributed by atoms with Crippen LogP contribution in [0.5, 0.6) is 0 Å². The van der Waals surface area contributed by atoms with Crippen molar-refractivity contribution in [3.63, 3.8) is 0 Å². The quantitative estimate of drug-likeness (QED) is 0.713. The normalized spacial score (nSPS) is 15.8. The summed E-state index contributed by atoms with van der Waals surface area (Å²) in [5, 5.41) is 17.3. The zero-order valence-electron chi connectivity index (χ0n) is 6.97. The maximum atomic E-state index is 11.8. The summed E-state index contributed by atoms with van der Waals surface area (Å²) in [6.07, 6.45) is 0. The smallest absolute Gasteiger partial charge is 0.396 e. The van der Waals surface area contributed by atoms with Gasteiger partial charge in [0.25, 0.3) is 0 Å². The van der Waals surface area contributed by atoms with Crippen LogP contribution in [0, 0.1) is 5.41 Å². The van der Waals surface area contributed by atoms with Gasteiger partial charge in [-0.05, 0) is 0 Å². The van der Waals surface area contributed by atoms with Crippen LogP contribution < -0.4 is 0 Å². The Balaban J connectivity index is 4.35. The maximum Gasteiger partial charge on any atom is 0.471 e. The molecular weight excluding hydrogens is 209 g/mol. The van der Waals surface area contributed by atoms with Crippen molar-refractivity contribution in [1.82, 2.24) is 0 Å². The van der Waals surface area contributed by atoms with Crippen LogP contribution in [0.4, 0.5) is 13.2 Å². The van der Waals surface area contributed by atoms with Crippen molar-refractivity contribution in [2.45, 2.75) is 12.4 Å². The molecule has 7 heteroatoms. The van der Waals surface area contributed by atoms with E-state index in [1.54, 1.807) is 0 Å². The van der Waals surface area contributed by atoms with Crippen molar-refractivity contribution < 1.29 is 27.6 Å². The van der Waals surface area contributed by atoms with E-state index in [0.29, 0.717) is 0 Å². The molecular formula is C6H11F3O3S. The predicted molar refractivity (Wildman–Crippen MR) is 41.3 cm³/mol. The molecule has 0 saturated heterocycles. The van der Waals surface area contributed by atoms with E-state index in [1.165, 1.54) is 6.92 Å². The lowest BCUT2D eigenvalue weighted by atomic mass is 9.96. The third-order valence-electron chi connectivity index (χ3n) is 1.50. The maximum absolute atomic E-state index is 11.8. The lowest BCUT2D eigenvalue weighted by molar-refractivity contribution is -0.0397. The summed E-state index contributed by atoms with van der Waals surface area (Å²) in [6.45, 7) is -0.0344. The monoisotopic (exact) mass is 220 g/mol. The molecule has 1 unspecified atom stereocenters. The van der Waals surface area contributed by atoms with Gasteiger partial charge < -0.3 is 10.2 Å². The van der Waals surface area contributed by atoms with Crippen molar-refractivity contribution in [3.8, 4) is 0 Å². The molecule has 0 aromatic rings. The molecule has 0 rings (SSSR count). The zero-order valence-corrected chi connectivity index (χ0v) is 7.78. The van der Waals surface area contributed by atoms with E-state index in [2.05, 4.69) is 0 Å². The minimum atomic E-state index is -4.79. The Morgan fingerprint density at radius 2 is 1.62 bits per heavy atom. The number of rotatable bonds is 4. The first-order valence-electron chi connectivity index (χ1n) is 3.42. The molecule has 0 aliphatic rings. The van der Waals surface area contributed by atoms with Gasteiger partial charge in [-0.3, -0.25) is 4.21 Å². The summed E-state index contributed by atoms with van der Waals surface area (Å²) < 4.78 is 45.9. The molecule has 0 aliphatic heterocycles. The second-order valence-corrected chi connectivity index (χ2v) is 4.51. The molecule has 0 saturated carbocycles. The van der Waals surface area contributed by atoms with Gasteiger partial charge in [-0.2, -0.15) is 13.2 Å². The first-order valence-corrected chi connectivity index (χ1v) is 4.74. The SMILES string of the molecule is CC(CO)(CO)CS(=O)C(F)(F)F. The van der Waals surface area contributed by atoms with Crippen molar-refractivity contribution in [1.29, 1.82) is 0 Å². The Hall–Kier alpha value is -0.140. The summed E-state index contributed by atoms with van der Waals surface area (Å²) in [4.78, 5) is 0. The highest BCUT2D eigenvalue weighted by Crippen LogP contribution is 2.26. The molecule has 1 atom stereocenters. The lowest BCUT2D eigenvalue weighted by Gasteiger charge is -2.24. The fraction of sp³-hybridized carbons (Fsp3) is 1.00. The van der Waals surface area contributed by atoms with Crippen molar-refractivity contribution in [2.75, 3.05) is 19.0 Å². The molecule has 13 heavy (non-hydrogen) atoms. The molecule has 0 radical (unpaired) electrons. The fourth-order valence-corrected chi connectivity index (χ4v) is 1.52. The number of halogens is 3. The predicted octanol–water partition coefficient (Wildman–Crippen LogP) is 0.246. The van der Waals surface area contributed by atoms with E-state index in [0.717, 1.165) is 0 Å². The lowest BCUT2D eigenvalue weighted by Crippen LogP contribution is -2.36. The van der Waals surface area contributed by atoms with E-state index in [1.807, 2.05) is 0 Å².